The number of hydrogen-bond acceptors (Lipinski definition) is 26. The third-order valence-electron chi connectivity index (χ3n) is 16.4. The highest BCUT2D eigenvalue weighted by atomic mass is 32.2. The van der Waals surface area contributed by atoms with Crippen LogP contribution in [-0.4, -0.2) is 220 Å². The van der Waals surface area contributed by atoms with Crippen LogP contribution < -0.4 is 0 Å². The molecule has 10 bridgehead atoms. The van der Waals surface area contributed by atoms with E-state index in [2.05, 4.69) is 6.92 Å². The normalized spacial score (nSPS) is 43.4. The van der Waals surface area contributed by atoms with Gasteiger partial charge in [-0.1, -0.05) is 66.9 Å². The maximum atomic E-state index is 12.3. The first-order chi connectivity index (χ1) is 39.0. The summed E-state index contributed by atoms with van der Waals surface area (Å²) < 4.78 is 159. The van der Waals surface area contributed by atoms with Crippen LogP contribution in [0.3, 0.4) is 0 Å². The Morgan fingerprint density at radius 1 is 0.341 bits per heavy atom. The van der Waals surface area contributed by atoms with E-state index in [0.717, 1.165) is 23.3 Å². The van der Waals surface area contributed by atoms with Gasteiger partial charge in [-0.15, -0.1) is 0 Å². The second kappa shape index (κ2) is 23.1. The summed E-state index contributed by atoms with van der Waals surface area (Å²) in [5, 5.41) is 39.4. The van der Waals surface area contributed by atoms with Crippen molar-refractivity contribution in [2.75, 3.05) is 33.0 Å². The highest BCUT2D eigenvalue weighted by Crippen LogP contribution is 2.46. The quantitative estimate of drug-likeness (QED) is 0.161. The second-order valence-corrected chi connectivity index (χ2v) is 27.0. The third kappa shape index (κ3) is 12.1. The third-order valence-corrected chi connectivity index (χ3v) is 20.4. The van der Waals surface area contributed by atoms with E-state index in [-0.39, 0.29) is 88.6 Å². The van der Waals surface area contributed by atoms with Gasteiger partial charge in [0.1, 0.15) is 67.1 Å². The molecule has 13 heterocycles. The Bertz CT molecular complexity index is 2930. The molecule has 25 atom stereocenters. The van der Waals surface area contributed by atoms with Gasteiger partial charge in [-0.2, -0.15) is 25.3 Å². The standard InChI is InChI=1S/C14H18O6S.C13H16O7S.C13H14O6S.C7H10O3.C6H8O4/c1-8-3-5-10(6-4-8)21(16,17)20-13-12(15)9(2)11-7-18-14(13)19-11;1-7-2-4-8(5-3-7)21(16,17)20-12-11(15)10(14)9-6-18-13(12)19-9;1-7-2-4-8(5-3-7)20(14,15)19-12-11-10(18-11)9-6-16-13(12)17-9;1-3-4-2-8-7(9-4)6-5(3)10-6;7-3-2-1-8-6(9-2)5-4(3)10-5/h3-6,9,11-15H,7H2,1-2H3;2-5,9-15H,6H2,1H3;2-5,9-13H,6H2,1H3;3-7H,2H2,1H3;2-7H,1H2. The Morgan fingerprint density at radius 3 is 1.21 bits per heavy atom. The van der Waals surface area contributed by atoms with Gasteiger partial charge in [0.05, 0.1) is 72.1 Å². The van der Waals surface area contributed by atoms with Crippen molar-refractivity contribution in [2.24, 2.45) is 11.8 Å². The van der Waals surface area contributed by atoms with Gasteiger partial charge < -0.3 is 82.0 Å². The molecule has 3 aromatic rings. The first kappa shape index (κ1) is 59.1. The zero-order valence-electron chi connectivity index (χ0n) is 44.9. The van der Waals surface area contributed by atoms with Crippen LogP contribution in [0, 0.1) is 32.6 Å². The molecule has 82 heavy (non-hydrogen) atoms. The summed E-state index contributed by atoms with van der Waals surface area (Å²) >= 11 is 0. The highest BCUT2D eigenvalue weighted by molar-refractivity contribution is 7.87. The number of fused-ring (bicyclic) bond motifs is 16. The van der Waals surface area contributed by atoms with E-state index in [4.69, 9.17) is 74.1 Å². The van der Waals surface area contributed by atoms with Gasteiger partial charge in [-0.05, 0) is 57.2 Å². The molecule has 0 spiro atoms. The molecule has 0 amide bonds. The summed E-state index contributed by atoms with van der Waals surface area (Å²) in [6.45, 7) is 11.7. The van der Waals surface area contributed by atoms with Crippen molar-refractivity contribution >= 4 is 30.4 Å². The Labute approximate surface area is 473 Å². The molecule has 0 aliphatic carbocycles. The van der Waals surface area contributed by atoms with E-state index in [9.17, 15) is 45.7 Å². The minimum atomic E-state index is -4.09. The van der Waals surface area contributed by atoms with E-state index in [0.29, 0.717) is 37.9 Å². The molecule has 4 N–H and O–H groups in total. The Hall–Kier alpha value is -3.29. The Kier molecular flexibility index (Phi) is 16.6. The van der Waals surface area contributed by atoms with Crippen molar-refractivity contribution in [1.82, 2.24) is 0 Å². The fourth-order valence-corrected chi connectivity index (χ4v) is 14.3. The van der Waals surface area contributed by atoms with E-state index >= 15 is 0 Å². The molecule has 13 aliphatic heterocycles. The van der Waals surface area contributed by atoms with Gasteiger partial charge in [0.25, 0.3) is 30.4 Å². The Morgan fingerprint density at radius 2 is 0.683 bits per heavy atom. The number of benzene rings is 3. The molecule has 29 heteroatoms. The molecule has 16 rings (SSSR count). The second-order valence-electron chi connectivity index (χ2n) is 22.2. The van der Waals surface area contributed by atoms with Gasteiger partial charge in [0, 0.05) is 11.8 Å². The molecule has 0 saturated carbocycles. The van der Waals surface area contributed by atoms with Gasteiger partial charge in [0.2, 0.25) is 0 Å². The van der Waals surface area contributed by atoms with Crippen molar-refractivity contribution in [3.8, 4) is 0 Å². The smallest absolute Gasteiger partial charge is 0.297 e. The zero-order chi connectivity index (χ0) is 57.7. The summed E-state index contributed by atoms with van der Waals surface area (Å²) in [7, 11) is -11.9. The van der Waals surface area contributed by atoms with Crippen molar-refractivity contribution < 1.29 is 120 Å². The maximum absolute atomic E-state index is 12.3. The van der Waals surface area contributed by atoms with E-state index < -0.39 is 98.1 Å². The fourth-order valence-electron chi connectivity index (χ4n) is 11.1. The molecule has 452 valence electrons. The topological polar surface area (TPSA) is 341 Å². The molecular weight excluding hydrogens is 1150 g/mol. The summed E-state index contributed by atoms with van der Waals surface area (Å²) in [5.74, 6) is 0.283. The summed E-state index contributed by atoms with van der Waals surface area (Å²) in [5.41, 5.74) is 2.84. The van der Waals surface area contributed by atoms with Crippen LogP contribution in [0.2, 0.25) is 0 Å². The average molecular weight is 1220 g/mol. The van der Waals surface area contributed by atoms with Crippen molar-refractivity contribution in [2.45, 2.75) is 191 Å². The largest absolute Gasteiger partial charge is 0.390 e. The number of hydrogen-bond donors (Lipinski definition) is 4. The molecule has 0 radical (unpaired) electrons. The SMILES string of the molecule is CC1C2COC(O2)C2OC12.Cc1ccc(S(=O)(=O)OC2C3OCC(O3)C(C)C2O)cc1.Cc1ccc(S(=O)(=O)OC2C3OCC(O3)C(O)C2O)cc1.Cc1ccc(S(=O)(=O)OC2C3OCC(O3)C3OC32)cc1.OC1C2COC(O2)C2OC12. The first-order valence-corrected chi connectivity index (χ1v) is 31.3. The maximum Gasteiger partial charge on any atom is 0.297 e. The first-order valence-electron chi connectivity index (χ1n) is 27.1. The Balaban J connectivity index is 0.000000104. The number of aryl methyl sites for hydroxylation is 3. The van der Waals surface area contributed by atoms with Crippen molar-refractivity contribution in [3.05, 3.63) is 89.5 Å². The minimum absolute atomic E-state index is 0.00810. The van der Waals surface area contributed by atoms with Crippen molar-refractivity contribution in [1.29, 1.82) is 0 Å². The predicted molar refractivity (Wildman–Crippen MR) is 271 cm³/mol. The van der Waals surface area contributed by atoms with Crippen LogP contribution in [0.15, 0.2) is 87.5 Å². The lowest BCUT2D eigenvalue weighted by molar-refractivity contribution is -0.219. The van der Waals surface area contributed by atoms with Crippen LogP contribution in [0.5, 0.6) is 0 Å². The highest BCUT2D eigenvalue weighted by Gasteiger charge is 2.64. The van der Waals surface area contributed by atoms with Gasteiger partial charge >= 0.3 is 0 Å². The lowest BCUT2D eigenvalue weighted by atomic mass is 9.93. The zero-order valence-corrected chi connectivity index (χ0v) is 47.3. The summed E-state index contributed by atoms with van der Waals surface area (Å²) in [6, 6.07) is 18.9. The van der Waals surface area contributed by atoms with Gasteiger partial charge in [-0.3, -0.25) is 12.5 Å². The van der Waals surface area contributed by atoms with E-state index in [1.807, 2.05) is 20.8 Å². The number of rotatable bonds is 9. The number of aliphatic hydroxyl groups is 4. The monoisotopic (exact) mass is 1210 g/mol. The average Bonchev–Trinajstić information content (AvgIpc) is 4.46. The molecular formula is C53H66O26S3. The predicted octanol–water partition coefficient (Wildman–Crippen LogP) is -0.0269. The number of ether oxygens (including phenoxy) is 13. The van der Waals surface area contributed by atoms with Crippen LogP contribution >= 0.6 is 0 Å². The van der Waals surface area contributed by atoms with E-state index in [1.165, 1.54) is 36.4 Å². The van der Waals surface area contributed by atoms with Gasteiger partial charge in [-0.25, -0.2) is 0 Å². The molecule has 13 fully saturated rings. The van der Waals surface area contributed by atoms with Crippen LogP contribution in [0.1, 0.15) is 30.5 Å². The van der Waals surface area contributed by atoms with Gasteiger partial charge in [0.15, 0.2) is 49.8 Å². The lowest BCUT2D eigenvalue weighted by Crippen LogP contribution is -2.55. The summed E-state index contributed by atoms with van der Waals surface area (Å²) in [4.78, 5) is 0.142. The molecule has 13 aliphatic rings. The molecule has 3 aromatic carbocycles. The van der Waals surface area contributed by atoms with Crippen molar-refractivity contribution in [3.63, 3.8) is 0 Å². The number of epoxide rings is 3. The fraction of sp³-hybridized carbons (Fsp3) is 0.660. The minimum Gasteiger partial charge on any atom is -0.390 e. The molecule has 26 nitrogen and oxygen atoms in total. The number of aliphatic hydroxyl groups excluding tert-OH is 4. The molecule has 25 unspecified atom stereocenters. The molecule has 13 saturated heterocycles. The van der Waals surface area contributed by atoms with E-state index in [1.54, 1.807) is 43.3 Å². The lowest BCUT2D eigenvalue weighted by Gasteiger charge is -2.35. The van der Waals surface area contributed by atoms with Crippen LogP contribution in [0.4, 0.5) is 0 Å². The molecule has 0 aromatic heterocycles. The van der Waals surface area contributed by atoms with Crippen LogP contribution in [-0.2, 0) is 104 Å². The summed E-state index contributed by atoms with van der Waals surface area (Å²) in [6.07, 6.45) is -10.4. The van der Waals surface area contributed by atoms with Crippen LogP contribution in [0.25, 0.3) is 0 Å².